The van der Waals surface area contributed by atoms with Crippen molar-refractivity contribution in [1.29, 1.82) is 0 Å². The summed E-state index contributed by atoms with van der Waals surface area (Å²) in [4.78, 5) is 2.41. The van der Waals surface area contributed by atoms with Crippen LogP contribution in [0.2, 0.25) is 0 Å². The van der Waals surface area contributed by atoms with E-state index in [2.05, 4.69) is 4.90 Å². The summed E-state index contributed by atoms with van der Waals surface area (Å²) in [6, 6.07) is 7.32. The van der Waals surface area contributed by atoms with Crippen LogP contribution in [-0.4, -0.2) is 33.7 Å². The van der Waals surface area contributed by atoms with Crippen molar-refractivity contribution in [2.45, 2.75) is 65.6 Å². The minimum absolute atomic E-state index is 0.0651. The van der Waals surface area contributed by atoms with E-state index in [4.69, 9.17) is 8.92 Å². The van der Waals surface area contributed by atoms with Crippen molar-refractivity contribution in [3.63, 3.8) is 0 Å². The molecule has 0 aromatic heterocycles. The van der Waals surface area contributed by atoms with Gasteiger partial charge in [0, 0.05) is 13.1 Å². The highest BCUT2D eigenvalue weighted by atomic mass is 32.2. The van der Waals surface area contributed by atoms with Gasteiger partial charge in [-0.05, 0) is 88.4 Å². The Hall–Kier alpha value is -2.05. The zero-order valence-corrected chi connectivity index (χ0v) is 19.2. The minimum atomic E-state index is -3.98. The smallest absolute Gasteiger partial charge is 0.339 e. The van der Waals surface area contributed by atoms with Gasteiger partial charge in [-0.15, -0.1) is 0 Å². The fraction of sp³-hybridized carbons (Fsp3) is 0.478. The van der Waals surface area contributed by atoms with Gasteiger partial charge in [0.15, 0.2) is 5.75 Å². The summed E-state index contributed by atoms with van der Waals surface area (Å²) in [5.74, 6) is 0.350. The first kappa shape index (κ1) is 21.7. The second-order valence-corrected chi connectivity index (χ2v) is 9.60. The van der Waals surface area contributed by atoms with Crippen LogP contribution in [0.25, 0.3) is 0 Å². The third-order valence-electron chi connectivity index (χ3n) is 6.01. The maximum absolute atomic E-state index is 13.4. The molecule has 2 atom stereocenters. The number of benzene rings is 2. The lowest BCUT2D eigenvalue weighted by molar-refractivity contribution is -0.00527. The van der Waals surface area contributed by atoms with E-state index in [0.717, 1.165) is 33.5 Å². The molecule has 0 N–H and O–H groups in total. The van der Waals surface area contributed by atoms with Crippen molar-refractivity contribution in [3.05, 3.63) is 52.1 Å². The Balaban J connectivity index is 2.04. The summed E-state index contributed by atoms with van der Waals surface area (Å²) < 4.78 is 38.3. The lowest BCUT2D eigenvalue weighted by Gasteiger charge is -2.37. The van der Waals surface area contributed by atoms with Crippen LogP contribution in [0, 0.1) is 34.6 Å². The lowest BCUT2D eigenvalue weighted by atomic mass is 9.95. The van der Waals surface area contributed by atoms with Gasteiger partial charge in [-0.2, -0.15) is 8.42 Å². The van der Waals surface area contributed by atoms with Crippen molar-refractivity contribution < 1.29 is 17.3 Å². The van der Waals surface area contributed by atoms with Gasteiger partial charge >= 0.3 is 10.1 Å². The molecule has 1 fully saturated rings. The molecule has 1 heterocycles. The molecule has 3 rings (SSSR count). The van der Waals surface area contributed by atoms with Crippen molar-refractivity contribution in [3.8, 4) is 5.75 Å². The molecular formula is C23H31NO4S. The quantitative estimate of drug-likeness (QED) is 0.680. The molecule has 0 bridgehead atoms. The summed E-state index contributed by atoms with van der Waals surface area (Å²) in [5, 5.41) is 0. The van der Waals surface area contributed by atoms with Gasteiger partial charge in [-0.1, -0.05) is 12.1 Å². The molecule has 2 aromatic rings. The second-order valence-electron chi connectivity index (χ2n) is 8.12. The summed E-state index contributed by atoms with van der Waals surface area (Å²) >= 11 is 0. The Bertz CT molecular complexity index is 990. The standard InChI is InChI=1S/C23H31NO4S/c1-14-12-24(13-15(2)27-14)21-10-8-9-11-22(21)28-29(25,26)23-19(6)17(4)16(3)18(5)20(23)7/h8-11,14-15H,12-13H2,1-7H3. The molecule has 0 aliphatic carbocycles. The third-order valence-corrected chi connectivity index (χ3v) is 7.52. The van der Waals surface area contributed by atoms with Crippen LogP contribution in [0.3, 0.4) is 0 Å². The first-order chi connectivity index (χ1) is 13.5. The van der Waals surface area contributed by atoms with E-state index in [-0.39, 0.29) is 17.1 Å². The average molecular weight is 418 g/mol. The molecule has 2 aromatic carbocycles. The molecule has 1 aliphatic heterocycles. The Morgan fingerprint density at radius 1 is 0.862 bits per heavy atom. The minimum Gasteiger partial charge on any atom is -0.377 e. The Morgan fingerprint density at radius 2 is 1.34 bits per heavy atom. The number of morpholine rings is 1. The molecule has 1 saturated heterocycles. The fourth-order valence-corrected chi connectivity index (χ4v) is 5.68. The maximum atomic E-state index is 13.4. The van der Waals surface area contributed by atoms with Gasteiger partial charge in [0.2, 0.25) is 0 Å². The highest BCUT2D eigenvalue weighted by molar-refractivity contribution is 7.87. The van der Waals surface area contributed by atoms with E-state index >= 15 is 0 Å². The summed E-state index contributed by atoms with van der Waals surface area (Å²) in [6.07, 6.45) is 0.130. The zero-order valence-electron chi connectivity index (χ0n) is 18.4. The largest absolute Gasteiger partial charge is 0.377 e. The van der Waals surface area contributed by atoms with Gasteiger partial charge < -0.3 is 13.8 Å². The highest BCUT2D eigenvalue weighted by Gasteiger charge is 2.29. The predicted molar refractivity (Wildman–Crippen MR) is 117 cm³/mol. The fourth-order valence-electron chi connectivity index (χ4n) is 4.16. The number of rotatable bonds is 4. The average Bonchev–Trinajstić information content (AvgIpc) is 2.64. The van der Waals surface area contributed by atoms with Crippen molar-refractivity contribution in [1.82, 2.24) is 0 Å². The Kier molecular flexibility index (Phi) is 5.97. The van der Waals surface area contributed by atoms with Gasteiger partial charge in [0.1, 0.15) is 4.90 Å². The number of hydrogen-bond acceptors (Lipinski definition) is 5. The van der Waals surface area contributed by atoms with Crippen LogP contribution in [0.5, 0.6) is 5.75 Å². The topological polar surface area (TPSA) is 55.8 Å². The number of hydrogen-bond donors (Lipinski definition) is 0. The molecular weight excluding hydrogens is 386 g/mol. The SMILES string of the molecule is Cc1c(C)c(C)c(S(=O)(=O)Oc2ccccc2N2CC(C)OC(C)C2)c(C)c1C. The molecule has 0 radical (unpaired) electrons. The normalized spacial score (nSPS) is 20.0. The highest BCUT2D eigenvalue weighted by Crippen LogP contribution is 2.35. The summed E-state index contributed by atoms with van der Waals surface area (Å²) in [7, 11) is -3.98. The molecule has 1 aliphatic rings. The lowest BCUT2D eigenvalue weighted by Crippen LogP contribution is -2.45. The van der Waals surface area contributed by atoms with Gasteiger partial charge in [0.25, 0.3) is 0 Å². The molecule has 0 spiro atoms. The zero-order chi connectivity index (χ0) is 21.5. The molecule has 0 amide bonds. The Morgan fingerprint density at radius 3 is 1.90 bits per heavy atom. The van der Waals surface area contributed by atoms with Crippen LogP contribution in [0.15, 0.2) is 29.2 Å². The molecule has 6 heteroatoms. The molecule has 158 valence electrons. The van der Waals surface area contributed by atoms with Crippen LogP contribution < -0.4 is 9.08 Å². The van der Waals surface area contributed by atoms with E-state index < -0.39 is 10.1 Å². The van der Waals surface area contributed by atoms with Crippen LogP contribution in [0.1, 0.15) is 41.7 Å². The monoisotopic (exact) mass is 417 g/mol. The van der Waals surface area contributed by atoms with Gasteiger partial charge in [0.05, 0.1) is 17.9 Å². The van der Waals surface area contributed by atoms with E-state index in [1.54, 1.807) is 12.1 Å². The summed E-state index contributed by atoms with van der Waals surface area (Å²) in [5.41, 5.74) is 5.36. The van der Waals surface area contributed by atoms with E-state index in [1.807, 2.05) is 60.6 Å². The number of anilines is 1. The molecule has 2 unspecified atom stereocenters. The molecule has 29 heavy (non-hydrogen) atoms. The second kappa shape index (κ2) is 8.00. The van der Waals surface area contributed by atoms with E-state index in [9.17, 15) is 8.42 Å². The van der Waals surface area contributed by atoms with Crippen LogP contribution in [-0.2, 0) is 14.9 Å². The first-order valence-corrected chi connectivity index (χ1v) is 11.4. The third kappa shape index (κ3) is 4.14. The Labute approximate surface area is 174 Å². The molecule has 5 nitrogen and oxygen atoms in total. The van der Waals surface area contributed by atoms with Crippen LogP contribution in [0.4, 0.5) is 5.69 Å². The van der Waals surface area contributed by atoms with Crippen molar-refractivity contribution in [2.75, 3.05) is 18.0 Å². The van der Waals surface area contributed by atoms with Gasteiger partial charge in [-0.25, -0.2) is 0 Å². The van der Waals surface area contributed by atoms with E-state index in [0.29, 0.717) is 18.8 Å². The van der Waals surface area contributed by atoms with Crippen molar-refractivity contribution >= 4 is 15.8 Å². The van der Waals surface area contributed by atoms with Crippen LogP contribution >= 0.6 is 0 Å². The number of ether oxygens (including phenoxy) is 1. The summed E-state index contributed by atoms with van der Waals surface area (Å²) in [6.45, 7) is 15.1. The molecule has 0 saturated carbocycles. The number of para-hydroxylation sites is 2. The maximum Gasteiger partial charge on any atom is 0.339 e. The van der Waals surface area contributed by atoms with Crippen molar-refractivity contribution in [2.24, 2.45) is 0 Å². The number of nitrogens with zero attached hydrogens (tertiary/aromatic N) is 1. The first-order valence-electron chi connectivity index (χ1n) is 10.0. The van der Waals surface area contributed by atoms with Gasteiger partial charge in [-0.3, -0.25) is 0 Å². The predicted octanol–water partition coefficient (Wildman–Crippen LogP) is 4.61. The van der Waals surface area contributed by atoms with E-state index in [1.165, 1.54) is 0 Å².